The molecule has 0 atom stereocenters. The molecule has 0 spiro atoms. The first kappa shape index (κ1) is 44.1. The zero-order valence-corrected chi connectivity index (χ0v) is 26.9. The first-order chi connectivity index (χ1) is 19.3. The van der Waals surface area contributed by atoms with E-state index in [1.165, 1.54) is 128 Å². The Hall–Kier alpha value is -0.330. The van der Waals surface area contributed by atoms with Gasteiger partial charge >= 0.3 is 0 Å². The summed E-state index contributed by atoms with van der Waals surface area (Å²) in [5.41, 5.74) is 0. The topological polar surface area (TPSA) is 153 Å². The van der Waals surface area contributed by atoms with Gasteiger partial charge in [0.15, 0.2) is 0 Å². The zero-order chi connectivity index (χ0) is 30.6. The second-order valence-corrected chi connectivity index (χ2v) is 11.2. The largest absolute Gasteiger partial charge is 0.759 e. The van der Waals surface area contributed by atoms with Crippen molar-refractivity contribution in [1.29, 1.82) is 0 Å². The quantitative estimate of drug-likeness (QED) is 0.0577. The van der Waals surface area contributed by atoms with Crippen molar-refractivity contribution in [2.24, 2.45) is 0 Å². The van der Waals surface area contributed by atoms with Crippen molar-refractivity contribution in [3.8, 4) is 0 Å². The minimum absolute atomic E-state index is 0.0694. The average molecular weight is 600 g/mol. The summed E-state index contributed by atoms with van der Waals surface area (Å²) in [6.45, 7) is 8.32. The van der Waals surface area contributed by atoms with Gasteiger partial charge in [-0.25, -0.2) is 0 Å². The van der Waals surface area contributed by atoms with Gasteiger partial charge in [0.25, 0.3) is 0 Å². The molecule has 9 nitrogen and oxygen atoms in total. The van der Waals surface area contributed by atoms with Crippen molar-refractivity contribution in [3.05, 3.63) is 0 Å². The van der Waals surface area contributed by atoms with Crippen molar-refractivity contribution >= 4 is 10.4 Å². The molecule has 0 aliphatic heterocycles. The summed E-state index contributed by atoms with van der Waals surface area (Å²) in [5.74, 6) is 0. The van der Waals surface area contributed by atoms with E-state index in [4.69, 9.17) is 37.6 Å². The van der Waals surface area contributed by atoms with Gasteiger partial charge in [-0.1, -0.05) is 129 Å². The number of rotatable bonds is 28. The van der Waals surface area contributed by atoms with Gasteiger partial charge in [-0.05, 0) is 12.8 Å². The smallest absolute Gasteiger partial charge is 0.0558 e. The van der Waals surface area contributed by atoms with Crippen LogP contribution < -0.4 is 0 Å². The van der Waals surface area contributed by atoms with E-state index in [0.29, 0.717) is 19.6 Å². The Balaban J connectivity index is -0.000000745. The number of hydrogen-bond acceptors (Lipinski definition) is 9. The van der Waals surface area contributed by atoms with E-state index in [0.717, 1.165) is 13.2 Å². The van der Waals surface area contributed by atoms with Crippen LogP contribution in [-0.4, -0.2) is 90.4 Å². The Morgan fingerprint density at radius 2 is 0.725 bits per heavy atom. The third-order valence-corrected chi connectivity index (χ3v) is 6.53. The molecule has 0 saturated heterocycles. The van der Waals surface area contributed by atoms with Crippen LogP contribution in [0.4, 0.5) is 0 Å². The first-order valence-electron chi connectivity index (χ1n) is 16.1. The number of ether oxygens (including phenoxy) is 1. The van der Waals surface area contributed by atoms with E-state index >= 15 is 0 Å². The molecule has 0 heterocycles. The number of aliphatic hydroxyl groups excluding tert-OH is 3. The van der Waals surface area contributed by atoms with E-state index in [1.807, 2.05) is 0 Å². The van der Waals surface area contributed by atoms with E-state index in [9.17, 15) is 0 Å². The van der Waals surface area contributed by atoms with E-state index in [2.05, 4.69) is 13.8 Å². The van der Waals surface area contributed by atoms with Gasteiger partial charge in [0, 0.05) is 43.2 Å². The molecule has 0 rings (SSSR count). The molecule has 0 aromatic heterocycles. The molecular weight excluding hydrogens is 534 g/mol. The summed E-state index contributed by atoms with van der Waals surface area (Å²) in [6.07, 6.45) is 28.2. The summed E-state index contributed by atoms with van der Waals surface area (Å²) in [4.78, 5) is 1.79. The Bertz CT molecular complexity index is 494. The number of hydrogen-bond donors (Lipinski definition) is 3. The highest BCUT2D eigenvalue weighted by Gasteiger charge is 2.00. The fraction of sp³-hybridized carbons (Fsp3) is 1.00. The third kappa shape index (κ3) is 53.9. The van der Waals surface area contributed by atoms with Crippen molar-refractivity contribution in [2.75, 3.05) is 52.7 Å². The van der Waals surface area contributed by atoms with Gasteiger partial charge in [0.2, 0.25) is 0 Å². The molecule has 40 heavy (non-hydrogen) atoms. The van der Waals surface area contributed by atoms with Crippen LogP contribution >= 0.6 is 0 Å². The van der Waals surface area contributed by atoms with Crippen LogP contribution in [0.25, 0.3) is 0 Å². The fourth-order valence-corrected chi connectivity index (χ4v) is 4.24. The SMILES string of the molecule is CCCCCCCCCCCCOCCCCCCCCCCCC.O=S(=O)([O-])[O-].OCCN(CCO)CCO. The van der Waals surface area contributed by atoms with Gasteiger partial charge in [0.1, 0.15) is 0 Å². The van der Waals surface area contributed by atoms with Crippen LogP contribution in [0.2, 0.25) is 0 Å². The summed E-state index contributed by atoms with van der Waals surface area (Å²) in [7, 11) is -5.17. The van der Waals surface area contributed by atoms with E-state index in [-0.39, 0.29) is 19.8 Å². The molecule has 0 aliphatic rings. The van der Waals surface area contributed by atoms with Gasteiger partial charge in [0.05, 0.1) is 19.8 Å². The van der Waals surface area contributed by atoms with Gasteiger partial charge in [-0.2, -0.15) is 0 Å². The molecule has 0 aromatic carbocycles. The summed E-state index contributed by atoms with van der Waals surface area (Å²) < 4.78 is 39.9. The standard InChI is InChI=1S/C24H50O.C6H15NO3.H2O4S/c1-3-5-7-9-11-13-15-17-19-21-23-25-24-22-20-18-16-14-12-10-8-6-4-2;8-4-1-7(2-5-9)3-6-10;1-5(2,3)4/h3-24H2,1-2H3;8-10H,1-6H2;(H2,1,2,3,4)/p-2. The van der Waals surface area contributed by atoms with Gasteiger partial charge in [-0.3, -0.25) is 13.3 Å². The maximum atomic E-state index is 8.52. The molecule has 0 bridgehead atoms. The average Bonchev–Trinajstić information content (AvgIpc) is 2.89. The molecule has 0 saturated carbocycles. The zero-order valence-electron chi connectivity index (χ0n) is 26.0. The van der Waals surface area contributed by atoms with Crippen molar-refractivity contribution in [1.82, 2.24) is 4.90 Å². The van der Waals surface area contributed by atoms with E-state index < -0.39 is 10.4 Å². The van der Waals surface area contributed by atoms with Crippen LogP contribution in [0.1, 0.15) is 142 Å². The molecule has 246 valence electrons. The highest BCUT2D eigenvalue weighted by Crippen LogP contribution is 2.12. The molecule has 0 fully saturated rings. The monoisotopic (exact) mass is 599 g/mol. The normalized spacial score (nSPS) is 11.2. The lowest BCUT2D eigenvalue weighted by atomic mass is 10.1. The van der Waals surface area contributed by atoms with Crippen LogP contribution in [0.3, 0.4) is 0 Å². The molecule has 0 unspecified atom stereocenters. The Kier molecular flexibility index (Phi) is 42.6. The number of nitrogens with zero attached hydrogens (tertiary/aromatic N) is 1. The molecule has 10 heteroatoms. The Morgan fingerprint density at radius 1 is 0.500 bits per heavy atom. The fourth-order valence-electron chi connectivity index (χ4n) is 4.24. The molecule has 3 N–H and O–H groups in total. The summed E-state index contributed by atoms with van der Waals surface area (Å²) in [6, 6.07) is 0. The Labute approximate surface area is 247 Å². The van der Waals surface area contributed by atoms with Crippen LogP contribution in [0.15, 0.2) is 0 Å². The lowest BCUT2D eigenvalue weighted by molar-refractivity contribution is 0.125. The molecular formula is C30H65NO8S-2. The third-order valence-electron chi connectivity index (χ3n) is 6.53. The molecule has 0 radical (unpaired) electrons. The maximum absolute atomic E-state index is 8.52. The van der Waals surface area contributed by atoms with Crippen LogP contribution in [0, 0.1) is 0 Å². The minimum Gasteiger partial charge on any atom is -0.759 e. The second-order valence-electron chi connectivity index (χ2n) is 10.4. The highest BCUT2D eigenvalue weighted by atomic mass is 32.3. The van der Waals surface area contributed by atoms with Crippen LogP contribution in [-0.2, 0) is 15.1 Å². The highest BCUT2D eigenvalue weighted by molar-refractivity contribution is 7.79. The number of unbranched alkanes of at least 4 members (excludes halogenated alkanes) is 18. The first-order valence-corrected chi connectivity index (χ1v) is 17.4. The predicted molar refractivity (Wildman–Crippen MR) is 163 cm³/mol. The summed E-state index contributed by atoms with van der Waals surface area (Å²) >= 11 is 0. The van der Waals surface area contributed by atoms with Gasteiger partial charge in [-0.15, -0.1) is 0 Å². The number of aliphatic hydroxyl groups is 3. The molecule has 0 aliphatic carbocycles. The second kappa shape index (κ2) is 38.7. The van der Waals surface area contributed by atoms with Crippen molar-refractivity contribution in [2.45, 2.75) is 142 Å². The molecule has 0 aromatic rings. The van der Waals surface area contributed by atoms with E-state index in [1.54, 1.807) is 4.90 Å². The lowest BCUT2D eigenvalue weighted by Gasteiger charge is -2.17. The molecule has 0 amide bonds. The van der Waals surface area contributed by atoms with Crippen molar-refractivity contribution < 1.29 is 37.6 Å². The van der Waals surface area contributed by atoms with Crippen molar-refractivity contribution in [3.63, 3.8) is 0 Å². The van der Waals surface area contributed by atoms with Gasteiger partial charge < -0.3 is 29.2 Å². The lowest BCUT2D eigenvalue weighted by Crippen LogP contribution is -2.32. The maximum Gasteiger partial charge on any atom is 0.0558 e. The summed E-state index contributed by atoms with van der Waals surface area (Å²) in [5, 5.41) is 25.5. The Morgan fingerprint density at radius 3 is 0.950 bits per heavy atom. The minimum atomic E-state index is -5.17. The van der Waals surface area contributed by atoms with Crippen LogP contribution in [0.5, 0.6) is 0 Å². The predicted octanol–water partition coefficient (Wildman–Crippen LogP) is 5.77.